The number of halogens is 1. The van der Waals surface area contributed by atoms with Gasteiger partial charge in [-0.25, -0.2) is 4.39 Å². The van der Waals surface area contributed by atoms with Crippen LogP contribution in [0.2, 0.25) is 0 Å². The smallest absolute Gasteiger partial charge is 0.167 e. The van der Waals surface area contributed by atoms with Crippen molar-refractivity contribution >= 4 is 5.69 Å². The fourth-order valence-corrected chi connectivity index (χ4v) is 1.06. The lowest BCUT2D eigenvalue weighted by atomic mass is 10.2. The highest BCUT2D eigenvalue weighted by atomic mass is 19.1. The Morgan fingerprint density at radius 1 is 1.57 bits per heavy atom. The summed E-state index contributed by atoms with van der Waals surface area (Å²) in [5.74, 6) is -0.126. The highest BCUT2D eigenvalue weighted by Crippen LogP contribution is 2.20. The van der Waals surface area contributed by atoms with E-state index in [-0.39, 0.29) is 17.6 Å². The molecule has 0 saturated carbocycles. The molecule has 3 nitrogen and oxygen atoms in total. The van der Waals surface area contributed by atoms with Gasteiger partial charge in [-0.1, -0.05) is 0 Å². The van der Waals surface area contributed by atoms with Gasteiger partial charge in [-0.3, -0.25) is 0 Å². The average molecular weight is 198 g/mol. The first-order valence-electron chi connectivity index (χ1n) is 4.46. The predicted octanol–water partition coefficient (Wildman–Crippen LogP) is 1.59. The van der Waals surface area contributed by atoms with Crippen LogP contribution in [0, 0.1) is 5.82 Å². The van der Waals surface area contributed by atoms with Crippen LogP contribution in [-0.2, 0) is 0 Å². The second-order valence-electron chi connectivity index (χ2n) is 3.21. The van der Waals surface area contributed by atoms with Gasteiger partial charge in [0.1, 0.15) is 0 Å². The molecule has 0 amide bonds. The zero-order valence-electron chi connectivity index (χ0n) is 8.38. The van der Waals surface area contributed by atoms with Gasteiger partial charge in [0, 0.05) is 24.3 Å². The van der Waals surface area contributed by atoms with Crippen molar-refractivity contribution in [1.82, 2.24) is 0 Å². The van der Waals surface area contributed by atoms with E-state index >= 15 is 0 Å². The molecule has 0 aliphatic heterocycles. The molecular formula is C10H15FN2O. The second kappa shape index (κ2) is 4.81. The Balaban J connectivity index is 2.66. The lowest BCUT2D eigenvalue weighted by molar-refractivity contribution is 0.386. The van der Waals surface area contributed by atoms with Crippen molar-refractivity contribution in [3.63, 3.8) is 0 Å². The molecule has 4 heteroatoms. The van der Waals surface area contributed by atoms with Crippen molar-refractivity contribution in [2.24, 2.45) is 5.73 Å². The molecule has 0 bridgehead atoms. The summed E-state index contributed by atoms with van der Waals surface area (Å²) in [6, 6.07) is 4.77. The number of methoxy groups -OCH3 is 1. The molecule has 0 saturated heterocycles. The third kappa shape index (κ3) is 2.88. The summed E-state index contributed by atoms with van der Waals surface area (Å²) in [7, 11) is 1.44. The van der Waals surface area contributed by atoms with Crippen LogP contribution >= 0.6 is 0 Å². The number of anilines is 1. The van der Waals surface area contributed by atoms with Crippen molar-refractivity contribution in [3.8, 4) is 5.75 Å². The monoisotopic (exact) mass is 198 g/mol. The standard InChI is InChI=1S/C10H15FN2O/c1-7(12)6-13-8-3-4-10(14-2)9(11)5-8/h3-5,7,13H,6,12H2,1-2H3. The average Bonchev–Trinajstić information content (AvgIpc) is 2.15. The van der Waals surface area contributed by atoms with Gasteiger partial charge in [-0.15, -0.1) is 0 Å². The summed E-state index contributed by atoms with van der Waals surface area (Å²) in [4.78, 5) is 0. The maximum Gasteiger partial charge on any atom is 0.167 e. The highest BCUT2D eigenvalue weighted by molar-refractivity contribution is 5.47. The van der Waals surface area contributed by atoms with E-state index < -0.39 is 0 Å². The minimum absolute atomic E-state index is 0.0418. The van der Waals surface area contributed by atoms with Crippen LogP contribution in [0.1, 0.15) is 6.92 Å². The summed E-state index contributed by atoms with van der Waals surface area (Å²) >= 11 is 0. The van der Waals surface area contributed by atoms with Crippen molar-refractivity contribution in [2.75, 3.05) is 19.0 Å². The van der Waals surface area contributed by atoms with Crippen LogP contribution < -0.4 is 15.8 Å². The molecule has 1 aromatic rings. The molecule has 14 heavy (non-hydrogen) atoms. The van der Waals surface area contributed by atoms with Crippen molar-refractivity contribution in [2.45, 2.75) is 13.0 Å². The second-order valence-corrected chi connectivity index (χ2v) is 3.21. The first-order valence-corrected chi connectivity index (χ1v) is 4.46. The Hall–Kier alpha value is -1.29. The van der Waals surface area contributed by atoms with E-state index in [2.05, 4.69) is 5.32 Å². The number of hydrogen-bond donors (Lipinski definition) is 2. The van der Waals surface area contributed by atoms with E-state index in [0.717, 1.165) is 0 Å². The molecule has 0 fully saturated rings. The molecule has 1 rings (SSSR count). The third-order valence-electron chi connectivity index (χ3n) is 1.78. The van der Waals surface area contributed by atoms with Gasteiger partial charge in [0.15, 0.2) is 11.6 Å². The van der Waals surface area contributed by atoms with Gasteiger partial charge in [0.05, 0.1) is 7.11 Å². The number of ether oxygens (including phenoxy) is 1. The van der Waals surface area contributed by atoms with Crippen LogP contribution in [0.3, 0.4) is 0 Å². The zero-order valence-corrected chi connectivity index (χ0v) is 8.38. The summed E-state index contributed by atoms with van der Waals surface area (Å²) < 4.78 is 18.0. The molecule has 0 spiro atoms. The number of nitrogens with one attached hydrogen (secondary N) is 1. The first kappa shape index (κ1) is 10.8. The number of rotatable bonds is 4. The maximum atomic E-state index is 13.2. The Kier molecular flexibility index (Phi) is 3.71. The van der Waals surface area contributed by atoms with Gasteiger partial charge in [-0.05, 0) is 19.1 Å². The topological polar surface area (TPSA) is 47.3 Å². The summed E-state index contributed by atoms with van der Waals surface area (Å²) in [5, 5.41) is 3.02. The number of nitrogens with two attached hydrogens (primary N) is 1. The maximum absolute atomic E-state index is 13.2. The van der Waals surface area contributed by atoms with Crippen LogP contribution in [0.5, 0.6) is 5.75 Å². The van der Waals surface area contributed by atoms with Gasteiger partial charge >= 0.3 is 0 Å². The van der Waals surface area contributed by atoms with E-state index in [1.165, 1.54) is 13.2 Å². The van der Waals surface area contributed by atoms with E-state index in [0.29, 0.717) is 12.2 Å². The normalized spacial score (nSPS) is 12.3. The Bertz CT molecular complexity index is 302. The lowest BCUT2D eigenvalue weighted by Gasteiger charge is -2.10. The molecule has 0 aliphatic rings. The van der Waals surface area contributed by atoms with E-state index in [9.17, 15) is 4.39 Å². The Labute approximate surface area is 83.1 Å². The van der Waals surface area contributed by atoms with Crippen molar-refractivity contribution < 1.29 is 9.13 Å². The fraction of sp³-hybridized carbons (Fsp3) is 0.400. The summed E-state index contributed by atoms with van der Waals surface area (Å²) in [5.41, 5.74) is 6.26. The van der Waals surface area contributed by atoms with Crippen LogP contribution in [-0.4, -0.2) is 19.7 Å². The van der Waals surface area contributed by atoms with Crippen LogP contribution in [0.4, 0.5) is 10.1 Å². The third-order valence-corrected chi connectivity index (χ3v) is 1.78. The molecule has 3 N–H and O–H groups in total. The van der Waals surface area contributed by atoms with Gasteiger partial charge < -0.3 is 15.8 Å². The minimum atomic E-state index is -0.373. The molecule has 0 aliphatic carbocycles. The predicted molar refractivity (Wildman–Crippen MR) is 55.1 cm³/mol. The molecule has 0 heterocycles. The number of benzene rings is 1. The Morgan fingerprint density at radius 2 is 2.29 bits per heavy atom. The van der Waals surface area contributed by atoms with E-state index in [1.807, 2.05) is 6.92 Å². The lowest BCUT2D eigenvalue weighted by Crippen LogP contribution is -2.25. The quantitative estimate of drug-likeness (QED) is 0.772. The molecule has 78 valence electrons. The zero-order chi connectivity index (χ0) is 10.6. The molecule has 1 atom stereocenters. The van der Waals surface area contributed by atoms with Crippen LogP contribution in [0.15, 0.2) is 18.2 Å². The van der Waals surface area contributed by atoms with Crippen molar-refractivity contribution in [1.29, 1.82) is 0 Å². The van der Waals surface area contributed by atoms with E-state index in [4.69, 9.17) is 10.5 Å². The summed E-state index contributed by atoms with van der Waals surface area (Å²) in [6.45, 7) is 2.50. The molecule has 1 aromatic carbocycles. The first-order chi connectivity index (χ1) is 6.63. The molecular weight excluding hydrogens is 183 g/mol. The van der Waals surface area contributed by atoms with Gasteiger partial charge in [0.25, 0.3) is 0 Å². The molecule has 0 radical (unpaired) electrons. The van der Waals surface area contributed by atoms with Crippen LogP contribution in [0.25, 0.3) is 0 Å². The van der Waals surface area contributed by atoms with Gasteiger partial charge in [-0.2, -0.15) is 0 Å². The SMILES string of the molecule is COc1ccc(NCC(C)N)cc1F. The summed E-state index contributed by atoms with van der Waals surface area (Å²) in [6.07, 6.45) is 0. The minimum Gasteiger partial charge on any atom is -0.494 e. The molecule has 0 aromatic heterocycles. The fourth-order valence-electron chi connectivity index (χ4n) is 1.06. The number of hydrogen-bond acceptors (Lipinski definition) is 3. The van der Waals surface area contributed by atoms with Crippen molar-refractivity contribution in [3.05, 3.63) is 24.0 Å². The van der Waals surface area contributed by atoms with E-state index in [1.54, 1.807) is 12.1 Å². The molecule has 1 unspecified atom stereocenters. The largest absolute Gasteiger partial charge is 0.494 e. The highest BCUT2D eigenvalue weighted by Gasteiger charge is 2.03. The van der Waals surface area contributed by atoms with Gasteiger partial charge in [0.2, 0.25) is 0 Å². The Morgan fingerprint density at radius 3 is 2.79 bits per heavy atom.